The van der Waals surface area contributed by atoms with Gasteiger partial charge in [-0.3, -0.25) is 49.2 Å². The summed E-state index contributed by atoms with van der Waals surface area (Å²) in [7, 11) is 0. The molecule has 2 atom stereocenters. The molecule has 0 saturated carbocycles. The van der Waals surface area contributed by atoms with E-state index in [4.69, 9.17) is 0 Å². The number of aromatic nitrogens is 3. The third-order valence-electron chi connectivity index (χ3n) is 13.0. The molecule has 0 radical (unpaired) electrons. The highest BCUT2D eigenvalue weighted by molar-refractivity contribution is 7.13. The maximum Gasteiger partial charge on any atom is 0.262 e. The number of rotatable bonds is 10. The van der Waals surface area contributed by atoms with Crippen molar-refractivity contribution in [2.45, 2.75) is 44.3 Å². The molecule has 5 aliphatic heterocycles. The molecule has 3 fully saturated rings. The second-order valence-electron chi connectivity index (χ2n) is 16.9. The molecule has 5 aromatic rings. The van der Waals surface area contributed by atoms with Crippen LogP contribution in [0.25, 0.3) is 11.3 Å². The van der Waals surface area contributed by atoms with Crippen LogP contribution in [0.3, 0.4) is 0 Å². The van der Waals surface area contributed by atoms with Gasteiger partial charge in [0.15, 0.2) is 10.9 Å². The van der Waals surface area contributed by atoms with Crippen LogP contribution in [-0.2, 0) is 20.9 Å². The molecule has 19 heteroatoms. The average Bonchev–Trinajstić information content (AvgIpc) is 4.01. The normalized spacial score (nSPS) is 19.7. The summed E-state index contributed by atoms with van der Waals surface area (Å²) < 4.78 is 14.4. The van der Waals surface area contributed by atoms with Gasteiger partial charge in [-0.15, -0.1) is 21.5 Å². The Hall–Kier alpha value is -7.12. The fourth-order valence-electron chi connectivity index (χ4n) is 9.55. The number of phenolic OH excluding ortho intramolecular Hbond substituents is 1. The highest BCUT2D eigenvalue weighted by atomic mass is 32.1. The summed E-state index contributed by atoms with van der Waals surface area (Å²) in [6.45, 7) is 5.93. The quantitative estimate of drug-likeness (QED) is 0.169. The summed E-state index contributed by atoms with van der Waals surface area (Å²) in [5, 5.41) is 26.7. The minimum atomic E-state index is -1.33. The summed E-state index contributed by atoms with van der Waals surface area (Å²) in [4.78, 5) is 91.6. The molecule has 10 rings (SSSR count). The predicted molar refractivity (Wildman–Crippen MR) is 236 cm³/mol. The van der Waals surface area contributed by atoms with Crippen LogP contribution in [0.1, 0.15) is 73.9 Å². The number of piperazine rings is 1. The number of hydrogen-bond acceptors (Lipinski definition) is 14. The molecule has 3 saturated heterocycles. The van der Waals surface area contributed by atoms with Crippen LogP contribution in [-0.4, -0.2) is 122 Å². The molecule has 332 valence electrons. The lowest BCUT2D eigenvalue weighted by Crippen LogP contribution is -2.54. The summed E-state index contributed by atoms with van der Waals surface area (Å²) in [5.41, 5.74) is 3.67. The average molecular weight is 899 g/mol. The van der Waals surface area contributed by atoms with Gasteiger partial charge in [-0.05, 0) is 85.3 Å². The Labute approximate surface area is 375 Å². The van der Waals surface area contributed by atoms with E-state index >= 15 is 0 Å². The number of benzene rings is 3. The Morgan fingerprint density at radius 3 is 2.37 bits per heavy atom. The van der Waals surface area contributed by atoms with E-state index in [1.807, 2.05) is 30.3 Å². The van der Waals surface area contributed by atoms with E-state index in [0.29, 0.717) is 33.4 Å². The fraction of sp³-hybridized carbons (Fsp3) is 0.326. The number of nitrogens with zero attached hydrogens (tertiary/aromatic N) is 8. The van der Waals surface area contributed by atoms with Gasteiger partial charge in [0.2, 0.25) is 11.8 Å². The standard InChI is InChI=1S/C46H43FN10O7S/c47-29-3-8-37(58)34(22-29)40(42(61)50-46-48-13-20-65-46)56-25-28-2-1-27(21-32(28)43(56)62)35-6-9-38(52-51-35)55-14-11-26(12-15-55)24-53-16-18-54(19-17-53)30-4-5-31-33(23-30)45(64)57(44(31)63)36-7-10-39(59)49-41(36)60/h1-6,8-9,13,20-23,26,36,40,58H,7,10-12,14-19,24-25H2,(H,48,50,61)(H,49,59,60). The van der Waals surface area contributed by atoms with Gasteiger partial charge in [0.05, 0.1) is 16.8 Å². The monoisotopic (exact) mass is 898 g/mol. The number of aromatic hydroxyl groups is 1. The molecular formula is C46H43FN10O7S. The molecule has 6 amide bonds. The third kappa shape index (κ3) is 8.05. The molecule has 7 heterocycles. The lowest BCUT2D eigenvalue weighted by Gasteiger charge is -2.39. The number of imide groups is 2. The van der Waals surface area contributed by atoms with E-state index in [1.165, 1.54) is 22.4 Å². The van der Waals surface area contributed by atoms with Crippen LogP contribution in [0.2, 0.25) is 0 Å². The van der Waals surface area contributed by atoms with Crippen molar-refractivity contribution in [2.24, 2.45) is 5.92 Å². The largest absolute Gasteiger partial charge is 0.508 e. The molecule has 2 unspecified atom stereocenters. The maximum absolute atomic E-state index is 14.4. The first-order valence-corrected chi connectivity index (χ1v) is 22.4. The molecule has 0 spiro atoms. The van der Waals surface area contributed by atoms with Gasteiger partial charge in [0.25, 0.3) is 23.6 Å². The number of phenols is 1. The van der Waals surface area contributed by atoms with Crippen LogP contribution in [0, 0.1) is 11.7 Å². The molecule has 65 heavy (non-hydrogen) atoms. The van der Waals surface area contributed by atoms with Crippen LogP contribution in [0.4, 0.5) is 21.0 Å². The van der Waals surface area contributed by atoms with Crippen molar-refractivity contribution in [1.29, 1.82) is 0 Å². The first kappa shape index (κ1) is 41.9. The van der Waals surface area contributed by atoms with Gasteiger partial charge in [-0.2, -0.15) is 0 Å². The Bertz CT molecular complexity index is 2740. The van der Waals surface area contributed by atoms with Crippen LogP contribution in [0.15, 0.2) is 78.3 Å². The molecule has 3 N–H and O–H groups in total. The number of carbonyl (C=O) groups excluding carboxylic acids is 6. The molecule has 5 aliphatic rings. The fourth-order valence-corrected chi connectivity index (χ4v) is 10.1. The number of hydrogen-bond donors (Lipinski definition) is 3. The summed E-state index contributed by atoms with van der Waals surface area (Å²) >= 11 is 1.19. The van der Waals surface area contributed by atoms with Gasteiger partial charge < -0.3 is 19.8 Å². The second-order valence-corrected chi connectivity index (χ2v) is 17.8. The van der Waals surface area contributed by atoms with Gasteiger partial charge in [0.1, 0.15) is 23.7 Å². The lowest BCUT2D eigenvalue weighted by atomic mass is 9.96. The smallest absolute Gasteiger partial charge is 0.262 e. The highest BCUT2D eigenvalue weighted by Gasteiger charge is 2.45. The highest BCUT2D eigenvalue weighted by Crippen LogP contribution is 2.38. The molecular weight excluding hydrogens is 856 g/mol. The zero-order valence-corrected chi connectivity index (χ0v) is 35.8. The number of nitrogens with one attached hydrogen (secondary N) is 2. The topological polar surface area (TPSA) is 202 Å². The zero-order valence-electron chi connectivity index (χ0n) is 35.0. The SMILES string of the molecule is O=C1CCC(N2C(=O)c3ccc(N4CCN(CC5CCN(c6ccc(-c7ccc8c(c7)C(=O)N(C(C(=O)Nc7nccs7)c7cc(F)ccc7O)C8)nn6)CC5)CC4)cc3C2=O)C(=O)N1. The van der Waals surface area contributed by atoms with Crippen LogP contribution < -0.4 is 20.4 Å². The van der Waals surface area contributed by atoms with Crippen molar-refractivity contribution in [3.63, 3.8) is 0 Å². The number of fused-ring (bicyclic) bond motifs is 2. The Morgan fingerprint density at radius 2 is 1.63 bits per heavy atom. The van der Waals surface area contributed by atoms with E-state index in [-0.39, 0.29) is 41.8 Å². The molecule has 2 aromatic heterocycles. The summed E-state index contributed by atoms with van der Waals surface area (Å²) in [5.74, 6) is -2.83. The zero-order chi connectivity index (χ0) is 44.9. The van der Waals surface area contributed by atoms with E-state index in [0.717, 1.165) is 93.3 Å². The van der Waals surface area contributed by atoms with Gasteiger partial charge in [-0.1, -0.05) is 12.1 Å². The van der Waals surface area contributed by atoms with Gasteiger partial charge >= 0.3 is 0 Å². The molecule has 0 aliphatic carbocycles. The number of anilines is 3. The summed E-state index contributed by atoms with van der Waals surface area (Å²) in [6.07, 6.45) is 3.71. The third-order valence-corrected chi connectivity index (χ3v) is 13.7. The minimum absolute atomic E-state index is 0.0401. The van der Waals surface area contributed by atoms with Gasteiger partial charge in [0, 0.05) is 92.7 Å². The number of thiazole rings is 1. The van der Waals surface area contributed by atoms with E-state index < -0.39 is 53.3 Å². The number of halogens is 1. The van der Waals surface area contributed by atoms with Crippen molar-refractivity contribution in [2.75, 3.05) is 60.9 Å². The predicted octanol–water partition coefficient (Wildman–Crippen LogP) is 4.22. The number of piperidine rings is 2. The van der Waals surface area contributed by atoms with E-state index in [9.17, 15) is 38.3 Å². The van der Waals surface area contributed by atoms with Crippen molar-refractivity contribution >= 4 is 63.4 Å². The Morgan fingerprint density at radius 1 is 0.831 bits per heavy atom. The van der Waals surface area contributed by atoms with Gasteiger partial charge in [-0.25, -0.2) is 9.37 Å². The summed E-state index contributed by atoms with van der Waals surface area (Å²) in [6, 6.07) is 15.4. The number of amides is 6. The van der Waals surface area contributed by atoms with Crippen molar-refractivity contribution < 1.29 is 38.3 Å². The first-order valence-electron chi connectivity index (χ1n) is 21.5. The first-order chi connectivity index (χ1) is 31.5. The Balaban J connectivity index is 0.726. The van der Waals surface area contributed by atoms with Crippen LogP contribution in [0.5, 0.6) is 5.75 Å². The minimum Gasteiger partial charge on any atom is -0.508 e. The molecule has 17 nitrogen and oxygen atoms in total. The van der Waals surface area contributed by atoms with E-state index in [1.54, 1.807) is 23.6 Å². The van der Waals surface area contributed by atoms with Crippen molar-refractivity contribution in [1.82, 2.24) is 35.2 Å². The number of carbonyl (C=O) groups is 6. The second kappa shape index (κ2) is 17.1. The molecule has 3 aromatic carbocycles. The maximum atomic E-state index is 14.4. The lowest BCUT2D eigenvalue weighted by molar-refractivity contribution is -0.136. The van der Waals surface area contributed by atoms with Crippen LogP contribution >= 0.6 is 11.3 Å². The van der Waals surface area contributed by atoms with Crippen molar-refractivity contribution in [3.8, 4) is 17.0 Å². The van der Waals surface area contributed by atoms with Crippen molar-refractivity contribution in [3.05, 3.63) is 112 Å². The van der Waals surface area contributed by atoms with E-state index in [2.05, 4.69) is 40.5 Å². The molecule has 0 bridgehead atoms. The Kier molecular flexibility index (Phi) is 11.0.